The number of guanidine groups is 1. The van der Waals surface area contributed by atoms with Gasteiger partial charge in [-0.15, -0.1) is 24.0 Å². The van der Waals surface area contributed by atoms with Crippen LogP contribution in [0.25, 0.3) is 0 Å². The maximum atomic E-state index is 13.5. The van der Waals surface area contributed by atoms with Crippen LogP contribution in [0, 0.1) is 5.41 Å². The van der Waals surface area contributed by atoms with Gasteiger partial charge in [0.25, 0.3) is 0 Å². The Hall–Kier alpha value is -1.72. The molecule has 0 atom stereocenters. The summed E-state index contributed by atoms with van der Waals surface area (Å²) >= 11 is 0. The highest BCUT2D eigenvalue weighted by atomic mass is 127. The van der Waals surface area contributed by atoms with Crippen LogP contribution in [-0.4, -0.2) is 38.1 Å². The van der Waals surface area contributed by atoms with Crippen molar-refractivity contribution in [3.05, 3.63) is 29.3 Å². The third-order valence-corrected chi connectivity index (χ3v) is 4.02. The summed E-state index contributed by atoms with van der Waals surface area (Å²) in [5.41, 5.74) is -2.03. The van der Waals surface area contributed by atoms with E-state index in [9.17, 15) is 18.0 Å². The van der Waals surface area contributed by atoms with E-state index < -0.39 is 22.8 Å². The minimum atomic E-state index is -4.52. The summed E-state index contributed by atoms with van der Waals surface area (Å²) < 4.78 is 46.1. The normalized spacial score (nSPS) is 12.7. The fourth-order valence-corrected chi connectivity index (χ4v) is 2.51. The number of carbonyl (C=O) groups is 1. The van der Waals surface area contributed by atoms with E-state index in [0.717, 1.165) is 6.07 Å². The van der Waals surface area contributed by atoms with Crippen LogP contribution in [0.15, 0.2) is 23.2 Å². The van der Waals surface area contributed by atoms with Crippen molar-refractivity contribution in [2.24, 2.45) is 10.4 Å². The standard InChI is InChI=1S/C20H31F3N4O2.HI/c1-18(2,3)29-14-9-8-13(15(10-14)20(21,22)23)11-26-17(25-7)27-12-19(4,5)16(28)24-6;/h8-10H,11-12H2,1-7H3,(H,24,28)(H2,25,26,27);1H. The number of rotatable bonds is 6. The molecule has 1 aromatic rings. The van der Waals surface area contributed by atoms with Gasteiger partial charge in [-0.25, -0.2) is 0 Å². The average Bonchev–Trinajstić information content (AvgIpc) is 2.59. The Labute approximate surface area is 193 Å². The molecule has 0 saturated heterocycles. The molecule has 0 heterocycles. The lowest BCUT2D eigenvalue weighted by Crippen LogP contribution is -2.47. The zero-order valence-corrected chi connectivity index (χ0v) is 20.8. The lowest BCUT2D eigenvalue weighted by molar-refractivity contribution is -0.138. The summed E-state index contributed by atoms with van der Waals surface area (Å²) in [5.74, 6) is 0.294. The number of hydrogen-bond donors (Lipinski definition) is 3. The van der Waals surface area contributed by atoms with Gasteiger partial charge in [-0.1, -0.05) is 6.07 Å². The van der Waals surface area contributed by atoms with Gasteiger partial charge in [0.05, 0.1) is 11.0 Å². The molecule has 0 aromatic heterocycles. The van der Waals surface area contributed by atoms with Gasteiger partial charge in [0.2, 0.25) is 5.91 Å². The topological polar surface area (TPSA) is 74.8 Å². The molecule has 0 aliphatic rings. The molecule has 10 heteroatoms. The number of nitrogens with zero attached hydrogens (tertiary/aromatic N) is 1. The predicted octanol–water partition coefficient (Wildman–Crippen LogP) is 3.94. The Bertz CT molecular complexity index is 745. The van der Waals surface area contributed by atoms with Gasteiger partial charge in [0.1, 0.15) is 11.4 Å². The lowest BCUT2D eigenvalue weighted by Gasteiger charge is -2.25. The number of carbonyl (C=O) groups excluding carboxylic acids is 1. The first kappa shape index (κ1) is 28.3. The first-order valence-corrected chi connectivity index (χ1v) is 9.25. The van der Waals surface area contributed by atoms with E-state index in [-0.39, 0.29) is 54.3 Å². The van der Waals surface area contributed by atoms with Gasteiger partial charge in [0.15, 0.2) is 5.96 Å². The molecule has 0 bridgehead atoms. The zero-order valence-electron chi connectivity index (χ0n) is 18.5. The molecule has 0 saturated carbocycles. The molecular formula is C20H32F3IN4O2. The van der Waals surface area contributed by atoms with Crippen LogP contribution in [0.3, 0.4) is 0 Å². The third-order valence-electron chi connectivity index (χ3n) is 4.02. The number of ether oxygens (including phenoxy) is 1. The highest BCUT2D eigenvalue weighted by molar-refractivity contribution is 14.0. The lowest BCUT2D eigenvalue weighted by atomic mass is 9.92. The van der Waals surface area contributed by atoms with E-state index in [0.29, 0.717) is 5.96 Å². The van der Waals surface area contributed by atoms with Gasteiger partial charge in [-0.05, 0) is 52.3 Å². The zero-order chi connectivity index (χ0) is 22.5. The van der Waals surface area contributed by atoms with E-state index in [4.69, 9.17) is 4.74 Å². The molecule has 0 fully saturated rings. The quantitative estimate of drug-likeness (QED) is 0.288. The van der Waals surface area contributed by atoms with Crippen LogP contribution < -0.4 is 20.7 Å². The number of benzene rings is 1. The van der Waals surface area contributed by atoms with Crippen molar-refractivity contribution in [2.75, 3.05) is 20.6 Å². The van der Waals surface area contributed by atoms with Crippen LogP contribution in [0.4, 0.5) is 13.2 Å². The summed E-state index contributed by atoms with van der Waals surface area (Å²) in [5, 5.41) is 8.40. The number of halogens is 4. The maximum Gasteiger partial charge on any atom is 0.416 e. The molecule has 30 heavy (non-hydrogen) atoms. The first-order chi connectivity index (χ1) is 13.2. The Kier molecular flexibility index (Phi) is 10.4. The molecule has 172 valence electrons. The van der Waals surface area contributed by atoms with Crippen LogP contribution in [0.5, 0.6) is 5.75 Å². The molecular weight excluding hydrogens is 512 g/mol. The summed E-state index contributed by atoms with van der Waals surface area (Å²) in [6, 6.07) is 3.91. The van der Waals surface area contributed by atoms with Gasteiger partial charge in [-0.2, -0.15) is 13.2 Å². The number of aliphatic imine (C=N–C) groups is 1. The third kappa shape index (κ3) is 8.97. The molecule has 0 spiro atoms. The van der Waals surface area contributed by atoms with Gasteiger partial charge in [-0.3, -0.25) is 9.79 Å². The molecule has 0 aliphatic heterocycles. The average molecular weight is 544 g/mol. The summed E-state index contributed by atoms with van der Waals surface area (Å²) in [7, 11) is 3.05. The number of amides is 1. The van der Waals surface area contributed by atoms with Crippen LogP contribution in [-0.2, 0) is 17.5 Å². The second-order valence-corrected chi connectivity index (χ2v) is 8.27. The Morgan fingerprint density at radius 2 is 1.70 bits per heavy atom. The van der Waals surface area contributed by atoms with Crippen LogP contribution in [0.1, 0.15) is 45.7 Å². The second kappa shape index (κ2) is 11.1. The summed E-state index contributed by atoms with van der Waals surface area (Å²) in [6.07, 6.45) is -4.52. The molecule has 1 rings (SSSR count). The van der Waals surface area contributed by atoms with Crippen molar-refractivity contribution in [2.45, 2.75) is 52.9 Å². The van der Waals surface area contributed by atoms with E-state index >= 15 is 0 Å². The molecule has 3 N–H and O–H groups in total. The van der Waals surface area contributed by atoms with E-state index in [1.165, 1.54) is 19.2 Å². The van der Waals surface area contributed by atoms with Gasteiger partial charge >= 0.3 is 6.18 Å². The Morgan fingerprint density at radius 1 is 1.10 bits per heavy atom. The fourth-order valence-electron chi connectivity index (χ4n) is 2.51. The van der Waals surface area contributed by atoms with Crippen molar-refractivity contribution in [3.8, 4) is 5.75 Å². The minimum absolute atomic E-state index is 0. The van der Waals surface area contributed by atoms with Crippen molar-refractivity contribution < 1.29 is 22.7 Å². The van der Waals surface area contributed by atoms with Crippen molar-refractivity contribution in [3.63, 3.8) is 0 Å². The highest BCUT2D eigenvalue weighted by Gasteiger charge is 2.34. The van der Waals surface area contributed by atoms with Crippen molar-refractivity contribution in [1.29, 1.82) is 0 Å². The largest absolute Gasteiger partial charge is 0.488 e. The molecule has 1 aromatic carbocycles. The maximum absolute atomic E-state index is 13.5. The smallest absolute Gasteiger partial charge is 0.416 e. The monoisotopic (exact) mass is 544 g/mol. The molecule has 6 nitrogen and oxygen atoms in total. The predicted molar refractivity (Wildman–Crippen MR) is 123 cm³/mol. The van der Waals surface area contributed by atoms with Crippen molar-refractivity contribution >= 4 is 35.8 Å². The van der Waals surface area contributed by atoms with E-state index in [1.54, 1.807) is 41.7 Å². The van der Waals surface area contributed by atoms with E-state index in [2.05, 4.69) is 20.9 Å². The van der Waals surface area contributed by atoms with Crippen LogP contribution in [0.2, 0.25) is 0 Å². The van der Waals surface area contributed by atoms with E-state index in [1.807, 2.05) is 0 Å². The SMILES string of the molecule is CN=C(NCc1ccc(OC(C)(C)C)cc1C(F)(F)F)NCC(C)(C)C(=O)NC.I. The van der Waals surface area contributed by atoms with Gasteiger partial charge < -0.3 is 20.7 Å². The minimum Gasteiger partial charge on any atom is -0.488 e. The first-order valence-electron chi connectivity index (χ1n) is 9.25. The molecule has 1 amide bonds. The number of nitrogens with one attached hydrogen (secondary N) is 3. The highest BCUT2D eigenvalue weighted by Crippen LogP contribution is 2.35. The second-order valence-electron chi connectivity index (χ2n) is 8.27. The molecule has 0 radical (unpaired) electrons. The number of hydrogen-bond acceptors (Lipinski definition) is 3. The number of alkyl halides is 3. The summed E-state index contributed by atoms with van der Waals surface area (Å²) in [6.45, 7) is 8.98. The summed E-state index contributed by atoms with van der Waals surface area (Å²) in [4.78, 5) is 15.9. The van der Waals surface area contributed by atoms with Crippen molar-refractivity contribution in [1.82, 2.24) is 16.0 Å². The Morgan fingerprint density at radius 3 is 2.17 bits per heavy atom. The fraction of sp³-hybridized carbons (Fsp3) is 0.600. The van der Waals surface area contributed by atoms with Gasteiger partial charge in [0, 0.05) is 27.2 Å². The Balaban J connectivity index is 0.00000841. The molecule has 0 aliphatic carbocycles. The van der Waals surface area contributed by atoms with Crippen LogP contribution >= 0.6 is 24.0 Å². The molecule has 0 unspecified atom stereocenters.